The van der Waals surface area contributed by atoms with E-state index in [1.807, 2.05) is 72.8 Å². The molecule has 0 unspecified atom stereocenters. The van der Waals surface area contributed by atoms with Gasteiger partial charge in [0, 0.05) is 18.7 Å². The lowest BCUT2D eigenvalue weighted by Crippen LogP contribution is -2.35. The number of urea groups is 1. The quantitative estimate of drug-likeness (QED) is 0.529. The highest BCUT2D eigenvalue weighted by molar-refractivity contribution is 5.89. The lowest BCUT2D eigenvalue weighted by molar-refractivity contribution is -0.121. The minimum atomic E-state index is -0.344. The van der Waals surface area contributed by atoms with Gasteiger partial charge in [-0.2, -0.15) is 0 Å². The van der Waals surface area contributed by atoms with Crippen LogP contribution in [-0.2, 0) is 4.79 Å². The van der Waals surface area contributed by atoms with Gasteiger partial charge >= 0.3 is 6.03 Å². The molecule has 0 aliphatic carbocycles. The lowest BCUT2D eigenvalue weighted by atomic mass is 9.98. The number of methoxy groups -OCH3 is 1. The summed E-state index contributed by atoms with van der Waals surface area (Å²) in [5.74, 6) is 0.602. The zero-order valence-corrected chi connectivity index (χ0v) is 16.8. The number of hydrogen-bond donors (Lipinski definition) is 3. The van der Waals surface area contributed by atoms with Crippen molar-refractivity contribution in [2.24, 2.45) is 0 Å². The molecule has 3 N–H and O–H groups in total. The summed E-state index contributed by atoms with van der Waals surface area (Å²) in [5, 5.41) is 8.49. The van der Waals surface area contributed by atoms with Crippen LogP contribution in [0, 0.1) is 0 Å². The molecule has 3 amide bonds. The Balaban J connectivity index is 1.57. The van der Waals surface area contributed by atoms with Gasteiger partial charge in [0.1, 0.15) is 5.75 Å². The average Bonchev–Trinajstić information content (AvgIpc) is 2.79. The van der Waals surface area contributed by atoms with E-state index >= 15 is 0 Å². The molecular weight excluding hydrogens is 378 g/mol. The first-order chi connectivity index (χ1) is 14.7. The minimum absolute atomic E-state index is 0.153. The van der Waals surface area contributed by atoms with Gasteiger partial charge in [0.2, 0.25) is 5.91 Å². The molecule has 154 valence electrons. The van der Waals surface area contributed by atoms with Crippen molar-refractivity contribution in [3.8, 4) is 5.75 Å². The van der Waals surface area contributed by atoms with Crippen LogP contribution in [0.1, 0.15) is 23.6 Å². The van der Waals surface area contributed by atoms with Crippen molar-refractivity contribution in [2.75, 3.05) is 19.0 Å². The van der Waals surface area contributed by atoms with Gasteiger partial charge < -0.3 is 20.7 Å². The first-order valence-corrected chi connectivity index (χ1v) is 9.74. The molecule has 0 fully saturated rings. The molecule has 3 aromatic carbocycles. The SMILES string of the molecule is COc1ccc([C@@H](NC(=O)CCNC(=O)Nc2ccccc2)c2ccccc2)cc1. The number of anilines is 1. The topological polar surface area (TPSA) is 79.5 Å². The van der Waals surface area contributed by atoms with Gasteiger partial charge in [-0.3, -0.25) is 4.79 Å². The van der Waals surface area contributed by atoms with Crippen LogP contribution >= 0.6 is 0 Å². The minimum Gasteiger partial charge on any atom is -0.497 e. The van der Waals surface area contributed by atoms with Crippen LogP contribution in [0.25, 0.3) is 0 Å². The highest BCUT2D eigenvalue weighted by atomic mass is 16.5. The van der Waals surface area contributed by atoms with Gasteiger partial charge in [-0.15, -0.1) is 0 Å². The van der Waals surface area contributed by atoms with E-state index in [0.29, 0.717) is 5.69 Å². The number of carbonyl (C=O) groups is 2. The molecule has 0 aromatic heterocycles. The Morgan fingerprint density at radius 1 is 0.833 bits per heavy atom. The second kappa shape index (κ2) is 10.7. The van der Waals surface area contributed by atoms with E-state index in [9.17, 15) is 9.59 Å². The zero-order valence-electron chi connectivity index (χ0n) is 16.8. The average molecular weight is 403 g/mol. The Hall–Kier alpha value is -3.80. The van der Waals surface area contributed by atoms with E-state index < -0.39 is 0 Å². The smallest absolute Gasteiger partial charge is 0.319 e. The van der Waals surface area contributed by atoms with Crippen LogP contribution in [0.2, 0.25) is 0 Å². The number of rotatable bonds is 8. The van der Waals surface area contributed by atoms with Gasteiger partial charge in [0.05, 0.1) is 13.2 Å². The zero-order chi connectivity index (χ0) is 21.2. The molecule has 0 bridgehead atoms. The Morgan fingerprint density at radius 2 is 1.43 bits per heavy atom. The third-order valence-electron chi connectivity index (χ3n) is 4.56. The van der Waals surface area contributed by atoms with Crippen LogP contribution in [-0.4, -0.2) is 25.6 Å². The monoisotopic (exact) mass is 403 g/mol. The molecule has 30 heavy (non-hydrogen) atoms. The largest absolute Gasteiger partial charge is 0.497 e. The second-order valence-corrected chi connectivity index (χ2v) is 6.68. The highest BCUT2D eigenvalue weighted by Crippen LogP contribution is 2.24. The van der Waals surface area contributed by atoms with Crippen molar-refractivity contribution in [1.29, 1.82) is 0 Å². The van der Waals surface area contributed by atoms with Crippen LogP contribution < -0.4 is 20.7 Å². The molecule has 6 nitrogen and oxygen atoms in total. The van der Waals surface area contributed by atoms with Crippen molar-refractivity contribution in [3.63, 3.8) is 0 Å². The van der Waals surface area contributed by atoms with Crippen LogP contribution in [0.3, 0.4) is 0 Å². The summed E-state index contributed by atoms with van der Waals surface area (Å²) >= 11 is 0. The highest BCUT2D eigenvalue weighted by Gasteiger charge is 2.17. The molecular formula is C24H25N3O3. The van der Waals surface area contributed by atoms with E-state index in [1.165, 1.54) is 0 Å². The second-order valence-electron chi connectivity index (χ2n) is 6.68. The third kappa shape index (κ3) is 6.10. The number of ether oxygens (including phenoxy) is 1. The lowest BCUT2D eigenvalue weighted by Gasteiger charge is -2.20. The summed E-state index contributed by atoms with van der Waals surface area (Å²) in [6, 6.07) is 25.9. The molecule has 3 aromatic rings. The molecule has 0 spiro atoms. The van der Waals surface area contributed by atoms with Crippen LogP contribution in [0.4, 0.5) is 10.5 Å². The van der Waals surface area contributed by atoms with Gasteiger partial charge in [0.15, 0.2) is 0 Å². The Labute approximate surface area is 176 Å². The fourth-order valence-corrected chi connectivity index (χ4v) is 3.02. The van der Waals surface area contributed by atoms with E-state index in [-0.39, 0.29) is 30.9 Å². The summed E-state index contributed by atoms with van der Waals surface area (Å²) in [7, 11) is 1.62. The van der Waals surface area contributed by atoms with Crippen molar-refractivity contribution >= 4 is 17.6 Å². The molecule has 0 saturated heterocycles. The molecule has 3 rings (SSSR count). The normalized spacial score (nSPS) is 11.2. The van der Waals surface area contributed by atoms with Crippen molar-refractivity contribution in [3.05, 3.63) is 96.1 Å². The van der Waals surface area contributed by atoms with Gasteiger partial charge in [0.25, 0.3) is 0 Å². The molecule has 0 saturated carbocycles. The Bertz CT molecular complexity index is 944. The maximum atomic E-state index is 12.6. The molecule has 1 atom stereocenters. The molecule has 0 heterocycles. The van der Waals surface area contributed by atoms with Crippen LogP contribution in [0.15, 0.2) is 84.9 Å². The van der Waals surface area contributed by atoms with E-state index in [4.69, 9.17) is 4.74 Å². The maximum Gasteiger partial charge on any atom is 0.319 e. The van der Waals surface area contributed by atoms with Gasteiger partial charge in [-0.25, -0.2) is 4.79 Å². The van der Waals surface area contributed by atoms with Crippen molar-refractivity contribution in [2.45, 2.75) is 12.5 Å². The maximum absolute atomic E-state index is 12.6. The third-order valence-corrected chi connectivity index (χ3v) is 4.56. The summed E-state index contributed by atoms with van der Waals surface area (Å²) in [4.78, 5) is 24.5. The summed E-state index contributed by atoms with van der Waals surface area (Å²) < 4.78 is 5.22. The fourth-order valence-electron chi connectivity index (χ4n) is 3.02. The standard InChI is InChI=1S/C24H25N3O3/c1-30-21-14-12-19(13-15-21)23(18-8-4-2-5-9-18)27-22(28)16-17-25-24(29)26-20-10-6-3-7-11-20/h2-15,23H,16-17H2,1H3,(H,27,28)(H2,25,26,29)/t23-/m0/s1. The molecule has 6 heteroatoms. The van der Waals surface area contributed by atoms with Gasteiger partial charge in [-0.1, -0.05) is 60.7 Å². The number of carbonyl (C=O) groups excluding carboxylic acids is 2. The number of amides is 3. The van der Waals surface area contributed by atoms with Gasteiger partial charge in [-0.05, 0) is 35.4 Å². The van der Waals surface area contributed by atoms with E-state index in [1.54, 1.807) is 19.2 Å². The first kappa shape index (κ1) is 20.9. The fraction of sp³-hybridized carbons (Fsp3) is 0.167. The molecule has 0 radical (unpaired) electrons. The Morgan fingerprint density at radius 3 is 2.07 bits per heavy atom. The number of para-hydroxylation sites is 1. The van der Waals surface area contributed by atoms with Crippen LogP contribution in [0.5, 0.6) is 5.75 Å². The first-order valence-electron chi connectivity index (χ1n) is 9.74. The predicted octanol–water partition coefficient (Wildman–Crippen LogP) is 4.11. The van der Waals surface area contributed by atoms with Crippen molar-refractivity contribution < 1.29 is 14.3 Å². The van der Waals surface area contributed by atoms with E-state index in [0.717, 1.165) is 16.9 Å². The molecule has 0 aliphatic rings. The summed E-state index contributed by atoms with van der Waals surface area (Å²) in [6.45, 7) is 0.231. The number of nitrogens with one attached hydrogen (secondary N) is 3. The summed E-state index contributed by atoms with van der Waals surface area (Å²) in [5.41, 5.74) is 2.62. The summed E-state index contributed by atoms with van der Waals surface area (Å²) in [6.07, 6.45) is 0.168. The predicted molar refractivity (Wildman–Crippen MR) is 118 cm³/mol. The number of benzene rings is 3. The molecule has 0 aliphatic heterocycles. The Kier molecular flexibility index (Phi) is 7.44. The van der Waals surface area contributed by atoms with Crippen molar-refractivity contribution in [1.82, 2.24) is 10.6 Å². The van der Waals surface area contributed by atoms with E-state index in [2.05, 4.69) is 16.0 Å². The number of hydrogen-bond acceptors (Lipinski definition) is 3.